The maximum atomic E-state index is 11.7. The molecule has 1 N–H and O–H groups in total. The molecule has 22 heavy (non-hydrogen) atoms. The summed E-state index contributed by atoms with van der Waals surface area (Å²) in [7, 11) is 0. The molecule has 1 amide bonds. The first-order chi connectivity index (χ1) is 10.8. The van der Waals surface area contributed by atoms with Crippen LogP contribution in [0.15, 0.2) is 58.5 Å². The van der Waals surface area contributed by atoms with E-state index in [4.69, 9.17) is 4.42 Å². The van der Waals surface area contributed by atoms with Gasteiger partial charge in [-0.3, -0.25) is 4.79 Å². The molecule has 0 saturated heterocycles. The normalized spacial score (nSPS) is 11.1. The summed E-state index contributed by atoms with van der Waals surface area (Å²) in [6.07, 6.45) is 5.58. The molecule has 3 aromatic rings. The Bertz CT molecular complexity index is 740. The first-order valence-electron chi connectivity index (χ1n) is 6.93. The average molecular weight is 329 g/mol. The number of rotatable bonds is 6. The van der Waals surface area contributed by atoms with Crippen molar-refractivity contribution in [2.45, 2.75) is 6.42 Å². The second kappa shape index (κ2) is 7.24. The Kier molecular flexibility index (Phi) is 4.88. The number of hydrogen-bond donors (Lipinski definition) is 1. The summed E-state index contributed by atoms with van der Waals surface area (Å²) in [6, 6.07) is 12.1. The van der Waals surface area contributed by atoms with Crippen LogP contribution in [0.2, 0.25) is 0 Å². The third-order valence-corrected chi connectivity index (χ3v) is 5.25. The van der Waals surface area contributed by atoms with Gasteiger partial charge in [-0.1, -0.05) is 6.07 Å². The molecule has 112 valence electrons. The van der Waals surface area contributed by atoms with Crippen molar-refractivity contribution < 1.29 is 9.21 Å². The molecule has 0 spiro atoms. The van der Waals surface area contributed by atoms with Crippen molar-refractivity contribution in [3.8, 4) is 9.75 Å². The molecule has 0 atom stereocenters. The van der Waals surface area contributed by atoms with Crippen molar-refractivity contribution >= 4 is 34.7 Å². The maximum Gasteiger partial charge on any atom is 0.244 e. The van der Waals surface area contributed by atoms with Crippen LogP contribution in [0.3, 0.4) is 0 Å². The first kappa shape index (κ1) is 14.8. The summed E-state index contributed by atoms with van der Waals surface area (Å²) in [5.74, 6) is 0.570. The minimum Gasteiger partial charge on any atom is -0.465 e. The molecule has 0 saturated carbocycles. The third-order valence-electron chi connectivity index (χ3n) is 3.04. The fourth-order valence-corrected chi connectivity index (χ4v) is 3.82. The number of carbonyl (C=O) groups is 1. The minimum absolute atomic E-state index is 0.105. The van der Waals surface area contributed by atoms with E-state index < -0.39 is 0 Å². The van der Waals surface area contributed by atoms with Gasteiger partial charge in [0, 0.05) is 27.3 Å². The smallest absolute Gasteiger partial charge is 0.244 e. The van der Waals surface area contributed by atoms with E-state index in [1.807, 2.05) is 6.07 Å². The van der Waals surface area contributed by atoms with Gasteiger partial charge in [-0.05, 0) is 48.2 Å². The van der Waals surface area contributed by atoms with E-state index in [0.717, 1.165) is 6.42 Å². The SMILES string of the molecule is O=C(/C=C/c1ccco1)NCCc1ccc(-c2cccs2)s1. The summed E-state index contributed by atoms with van der Waals surface area (Å²) < 4.78 is 5.13. The fourth-order valence-electron chi connectivity index (χ4n) is 1.98. The summed E-state index contributed by atoms with van der Waals surface area (Å²) in [6.45, 7) is 0.631. The van der Waals surface area contributed by atoms with E-state index in [9.17, 15) is 4.79 Å². The molecular formula is C17H15NO2S2. The highest BCUT2D eigenvalue weighted by molar-refractivity contribution is 7.21. The van der Waals surface area contributed by atoms with Gasteiger partial charge in [0.2, 0.25) is 5.91 Å². The zero-order valence-corrected chi connectivity index (χ0v) is 13.5. The largest absolute Gasteiger partial charge is 0.465 e. The van der Waals surface area contributed by atoms with Crippen LogP contribution < -0.4 is 5.32 Å². The zero-order valence-electron chi connectivity index (χ0n) is 11.8. The van der Waals surface area contributed by atoms with Gasteiger partial charge in [-0.2, -0.15) is 0 Å². The van der Waals surface area contributed by atoms with Crippen LogP contribution in [0.4, 0.5) is 0 Å². The van der Waals surface area contributed by atoms with Crippen molar-refractivity contribution in [3.63, 3.8) is 0 Å². The Morgan fingerprint density at radius 3 is 2.91 bits per heavy atom. The van der Waals surface area contributed by atoms with Gasteiger partial charge >= 0.3 is 0 Å². The lowest BCUT2D eigenvalue weighted by Gasteiger charge is -1.99. The van der Waals surface area contributed by atoms with Gasteiger partial charge in [0.05, 0.1) is 6.26 Å². The topological polar surface area (TPSA) is 42.2 Å². The lowest BCUT2D eigenvalue weighted by Crippen LogP contribution is -2.23. The molecule has 0 fully saturated rings. The van der Waals surface area contributed by atoms with Crippen LogP contribution in [0.1, 0.15) is 10.6 Å². The average Bonchev–Trinajstić information content (AvgIpc) is 3.26. The molecule has 3 nitrogen and oxygen atoms in total. The second-order valence-electron chi connectivity index (χ2n) is 4.63. The number of hydrogen-bond acceptors (Lipinski definition) is 4. The summed E-state index contributed by atoms with van der Waals surface area (Å²) in [4.78, 5) is 15.5. The van der Waals surface area contributed by atoms with Gasteiger partial charge in [0.1, 0.15) is 5.76 Å². The van der Waals surface area contributed by atoms with Gasteiger partial charge in [-0.25, -0.2) is 0 Å². The van der Waals surface area contributed by atoms with E-state index in [1.54, 1.807) is 41.1 Å². The van der Waals surface area contributed by atoms with Crippen LogP contribution in [-0.4, -0.2) is 12.5 Å². The van der Waals surface area contributed by atoms with Crippen molar-refractivity contribution in [2.24, 2.45) is 0 Å². The lowest BCUT2D eigenvalue weighted by atomic mass is 10.3. The minimum atomic E-state index is -0.105. The maximum absolute atomic E-state index is 11.7. The molecule has 0 aromatic carbocycles. The van der Waals surface area contributed by atoms with E-state index in [-0.39, 0.29) is 5.91 Å². The molecule has 0 aliphatic rings. The van der Waals surface area contributed by atoms with Crippen molar-refractivity contribution in [2.75, 3.05) is 6.54 Å². The standard InChI is InChI=1S/C17H15NO2S2/c19-17(8-5-13-3-1-11-20-13)18-10-9-14-6-7-16(22-14)15-4-2-12-21-15/h1-8,11-12H,9-10H2,(H,18,19)/b8-5+. The van der Waals surface area contributed by atoms with Crippen LogP contribution in [0.25, 0.3) is 15.8 Å². The predicted molar refractivity (Wildman–Crippen MR) is 92.1 cm³/mol. The predicted octanol–water partition coefficient (Wildman–Crippen LogP) is 4.44. The quantitative estimate of drug-likeness (QED) is 0.679. The molecule has 0 aliphatic carbocycles. The Hall–Kier alpha value is -2.11. The van der Waals surface area contributed by atoms with Crippen LogP contribution >= 0.6 is 22.7 Å². The molecule has 3 aromatic heterocycles. The number of thiophene rings is 2. The third kappa shape index (κ3) is 3.96. The van der Waals surface area contributed by atoms with Crippen molar-refractivity contribution in [3.05, 3.63) is 64.8 Å². The lowest BCUT2D eigenvalue weighted by molar-refractivity contribution is -0.116. The summed E-state index contributed by atoms with van der Waals surface area (Å²) in [5.41, 5.74) is 0. The highest BCUT2D eigenvalue weighted by Crippen LogP contribution is 2.31. The van der Waals surface area contributed by atoms with E-state index in [2.05, 4.69) is 35.0 Å². The molecule has 0 unspecified atom stereocenters. The molecule has 5 heteroatoms. The molecule has 0 aliphatic heterocycles. The molecule has 0 bridgehead atoms. The Morgan fingerprint density at radius 1 is 1.18 bits per heavy atom. The number of furan rings is 1. The van der Waals surface area contributed by atoms with E-state index >= 15 is 0 Å². The summed E-state index contributed by atoms with van der Waals surface area (Å²) >= 11 is 3.53. The van der Waals surface area contributed by atoms with Crippen LogP contribution in [-0.2, 0) is 11.2 Å². The molecule has 3 heterocycles. The highest BCUT2D eigenvalue weighted by Gasteiger charge is 2.04. The second-order valence-corrected chi connectivity index (χ2v) is 6.75. The first-order valence-corrected chi connectivity index (χ1v) is 8.63. The van der Waals surface area contributed by atoms with Gasteiger partial charge in [-0.15, -0.1) is 22.7 Å². The Morgan fingerprint density at radius 2 is 2.14 bits per heavy atom. The van der Waals surface area contributed by atoms with Gasteiger partial charge in [0.15, 0.2) is 0 Å². The monoisotopic (exact) mass is 329 g/mol. The van der Waals surface area contributed by atoms with Crippen LogP contribution in [0.5, 0.6) is 0 Å². The molecule has 0 radical (unpaired) electrons. The molecular weight excluding hydrogens is 314 g/mol. The fraction of sp³-hybridized carbons (Fsp3) is 0.118. The van der Waals surface area contributed by atoms with Gasteiger partial charge < -0.3 is 9.73 Å². The number of carbonyl (C=O) groups excluding carboxylic acids is 1. The zero-order chi connectivity index (χ0) is 15.2. The number of nitrogens with one attached hydrogen (secondary N) is 1. The highest BCUT2D eigenvalue weighted by atomic mass is 32.1. The van der Waals surface area contributed by atoms with Gasteiger partial charge in [0.25, 0.3) is 0 Å². The van der Waals surface area contributed by atoms with Crippen LogP contribution in [0, 0.1) is 0 Å². The Balaban J connectivity index is 1.46. The Labute approximate surface area is 136 Å². The molecule has 3 rings (SSSR count). The van der Waals surface area contributed by atoms with E-state index in [1.165, 1.54) is 20.7 Å². The number of amides is 1. The van der Waals surface area contributed by atoms with E-state index in [0.29, 0.717) is 12.3 Å². The van der Waals surface area contributed by atoms with Crippen molar-refractivity contribution in [1.82, 2.24) is 5.32 Å². The van der Waals surface area contributed by atoms with Crippen molar-refractivity contribution in [1.29, 1.82) is 0 Å². The summed E-state index contributed by atoms with van der Waals surface area (Å²) in [5, 5.41) is 4.96.